The van der Waals surface area contributed by atoms with Crippen molar-refractivity contribution in [3.63, 3.8) is 0 Å². The van der Waals surface area contributed by atoms with Crippen LogP contribution in [-0.2, 0) is 15.1 Å². The zero-order valence-corrected chi connectivity index (χ0v) is 10.4. The molecule has 5 nitrogen and oxygen atoms in total. The molecule has 0 aromatic heterocycles. The first kappa shape index (κ1) is 16.2. The Bertz CT molecular complexity index is 278. The molecule has 0 atom stereocenters. The van der Waals surface area contributed by atoms with E-state index in [1.54, 1.807) is 0 Å². The summed E-state index contributed by atoms with van der Waals surface area (Å²) in [5.74, 6) is -1.83. The Kier molecular flexibility index (Phi) is 7.03. The van der Waals surface area contributed by atoms with Gasteiger partial charge in [-0.3, -0.25) is 9.35 Å². The summed E-state index contributed by atoms with van der Waals surface area (Å²) in [6.45, 7) is 0. The summed E-state index contributed by atoms with van der Waals surface area (Å²) in [5.41, 5.74) is 0. The number of halogens is 3. The van der Waals surface area contributed by atoms with Gasteiger partial charge in [-0.05, 0) is 0 Å². The zero-order chi connectivity index (χ0) is 9.99. The summed E-state index contributed by atoms with van der Waals surface area (Å²) in [7, 11) is -4.90. The van der Waals surface area contributed by atoms with E-state index in [1.807, 2.05) is 0 Å². The Morgan fingerprint density at radius 2 is 1.85 bits per heavy atom. The molecule has 10 heteroatoms. The first-order valence-corrected chi connectivity index (χ1v) is 3.89. The molecule has 0 fully saturated rings. The van der Waals surface area contributed by atoms with Gasteiger partial charge in [-0.15, -0.1) is 0 Å². The molecule has 13 heavy (non-hydrogen) atoms. The number of nitrogens with one attached hydrogen (secondary N) is 1. The van der Waals surface area contributed by atoms with E-state index in [0.29, 0.717) is 0 Å². The van der Waals surface area contributed by atoms with Crippen molar-refractivity contribution in [2.75, 3.05) is 0 Å². The summed E-state index contributed by atoms with van der Waals surface area (Å²) >= 11 is 0. The Labute approximate surface area is 116 Å². The topological polar surface area (TPSA) is 83.5 Å². The second kappa shape index (κ2) is 5.63. The number of alkyl halides is 3. The summed E-state index contributed by atoms with van der Waals surface area (Å²) in [4.78, 5) is 10.1. The van der Waals surface area contributed by atoms with Gasteiger partial charge in [-0.2, -0.15) is 21.6 Å². The average Bonchev–Trinajstić information content (AvgIpc) is 1.49. The van der Waals surface area contributed by atoms with E-state index in [1.165, 1.54) is 0 Å². The molecule has 0 bridgehead atoms. The van der Waals surface area contributed by atoms with Gasteiger partial charge in [-0.1, -0.05) is 0 Å². The molecule has 0 spiro atoms. The fourth-order valence-corrected chi connectivity index (χ4v) is 0.722. The molecule has 0 rings (SSSR count). The van der Waals surface area contributed by atoms with Crippen LogP contribution in [0, 0.1) is 0 Å². The van der Waals surface area contributed by atoms with E-state index in [0.717, 1.165) is 4.72 Å². The predicted octanol–water partition coefficient (Wildman–Crippen LogP) is -3.03. The van der Waals surface area contributed by atoms with E-state index in [9.17, 15) is 26.4 Å². The van der Waals surface area contributed by atoms with Crippen molar-refractivity contribution in [2.24, 2.45) is 0 Å². The van der Waals surface area contributed by atoms with Gasteiger partial charge < -0.3 is 1.43 Å². The van der Waals surface area contributed by atoms with Crippen LogP contribution in [0.1, 0.15) is 7.85 Å². The van der Waals surface area contributed by atoms with Gasteiger partial charge in [0.1, 0.15) is 6.42 Å². The molecule has 0 aliphatic heterocycles. The molecule has 0 unspecified atom stereocenters. The second-order valence-electron chi connectivity index (χ2n) is 1.79. The van der Waals surface area contributed by atoms with Crippen LogP contribution in [0.2, 0.25) is 0 Å². The van der Waals surface area contributed by atoms with Gasteiger partial charge >= 0.3 is 67.9 Å². The van der Waals surface area contributed by atoms with Crippen molar-refractivity contribution >= 4 is 16.2 Å². The Balaban J connectivity index is -0.000000605. The molecule has 0 heterocycles. The van der Waals surface area contributed by atoms with Crippen molar-refractivity contribution in [3.8, 4) is 0 Å². The molecule has 0 aromatic carbocycles. The molecular formula is C3H5F3KNO4S. The van der Waals surface area contributed by atoms with Crippen LogP contribution in [0.25, 0.3) is 0 Å². The molecule has 2 N–H and O–H groups in total. The summed E-state index contributed by atoms with van der Waals surface area (Å²) < 4.78 is 62.2. The molecule has 0 saturated heterocycles. The van der Waals surface area contributed by atoms with Crippen LogP contribution in [-0.4, -0.2) is 25.1 Å². The first-order chi connectivity index (χ1) is 5.10. The van der Waals surface area contributed by atoms with Gasteiger partial charge in [0.05, 0.1) is 0 Å². The molecule has 0 aromatic rings. The first-order valence-electron chi connectivity index (χ1n) is 2.45. The Morgan fingerprint density at radius 3 is 2.08 bits per heavy atom. The molecule has 0 aliphatic rings. The summed E-state index contributed by atoms with van der Waals surface area (Å²) in [6, 6.07) is 0. The quantitative estimate of drug-likeness (QED) is 0.402. The third-order valence-corrected chi connectivity index (χ3v) is 1.09. The molecule has 74 valence electrons. The number of hydrogen-bond acceptors (Lipinski definition) is 3. The largest absolute Gasteiger partial charge is 1.00 e. The van der Waals surface area contributed by atoms with Gasteiger partial charge in [0, 0.05) is 0 Å². The van der Waals surface area contributed by atoms with Gasteiger partial charge in [-0.25, -0.2) is 4.72 Å². The van der Waals surface area contributed by atoms with Gasteiger partial charge in [0.25, 0.3) is 0 Å². The number of amides is 1. The molecule has 1 amide bonds. The van der Waals surface area contributed by atoms with Crippen LogP contribution >= 0.6 is 0 Å². The zero-order valence-electron chi connectivity index (χ0n) is 7.42. The van der Waals surface area contributed by atoms with Crippen molar-refractivity contribution in [2.45, 2.75) is 12.6 Å². The maximum absolute atomic E-state index is 11.3. The normalized spacial score (nSPS) is 11.7. The van der Waals surface area contributed by atoms with Gasteiger partial charge in [0.15, 0.2) is 0 Å². The molecule has 0 aliphatic carbocycles. The van der Waals surface area contributed by atoms with E-state index in [-0.39, 0.29) is 52.8 Å². The summed E-state index contributed by atoms with van der Waals surface area (Å²) in [6.07, 6.45) is -6.75. The van der Waals surface area contributed by atoms with Crippen LogP contribution in [0.5, 0.6) is 0 Å². The minimum absolute atomic E-state index is 0. The van der Waals surface area contributed by atoms with Crippen LogP contribution in [0.4, 0.5) is 13.2 Å². The third-order valence-electron chi connectivity index (χ3n) is 0.604. The predicted molar refractivity (Wildman–Crippen MR) is 31.5 cm³/mol. The minimum Gasteiger partial charge on any atom is -1.00 e. The fourth-order valence-electron chi connectivity index (χ4n) is 0.362. The summed E-state index contributed by atoms with van der Waals surface area (Å²) in [5, 5.41) is 0. The maximum Gasteiger partial charge on any atom is 1.00 e. The third kappa shape index (κ3) is 12.8. The van der Waals surface area contributed by atoms with Crippen molar-refractivity contribution in [3.05, 3.63) is 0 Å². The van der Waals surface area contributed by atoms with E-state index < -0.39 is 28.8 Å². The van der Waals surface area contributed by atoms with Crippen LogP contribution in [0.3, 0.4) is 0 Å². The molecular weight excluding hydrogens is 242 g/mol. The average molecular weight is 247 g/mol. The monoisotopic (exact) mass is 247 g/mol. The van der Waals surface area contributed by atoms with Crippen molar-refractivity contribution < 1.29 is 83.7 Å². The van der Waals surface area contributed by atoms with Crippen molar-refractivity contribution in [1.29, 1.82) is 0 Å². The Hall–Kier alpha value is 0.806. The van der Waals surface area contributed by atoms with Gasteiger partial charge in [0.2, 0.25) is 5.91 Å². The maximum atomic E-state index is 11.3. The van der Waals surface area contributed by atoms with E-state index in [2.05, 4.69) is 0 Å². The van der Waals surface area contributed by atoms with E-state index >= 15 is 0 Å². The second-order valence-corrected chi connectivity index (χ2v) is 2.95. The standard InChI is InChI=1S/C3H4F3NO4S.K.H/c4-3(5,6)1-2(8)7-12(9,10)11;;/h1H2,(H,7,8)(H,9,10,11);;/q;+1;-1. The Morgan fingerprint density at radius 1 is 1.46 bits per heavy atom. The fraction of sp³-hybridized carbons (Fsp3) is 0.667. The molecule has 0 saturated carbocycles. The minimum atomic E-state index is -4.90. The van der Waals surface area contributed by atoms with Crippen LogP contribution < -0.4 is 56.1 Å². The number of rotatable bonds is 2. The number of carbonyl (C=O) groups is 1. The number of hydrogen-bond donors (Lipinski definition) is 2. The smallest absolute Gasteiger partial charge is 1.00 e. The number of carbonyl (C=O) groups excluding carboxylic acids is 1. The van der Waals surface area contributed by atoms with Crippen LogP contribution in [0.15, 0.2) is 0 Å². The SMILES string of the molecule is O=C(CC(F)(F)F)NS(=O)(=O)O.[H-].[K+]. The molecule has 0 radical (unpaired) electrons. The van der Waals surface area contributed by atoms with Crippen molar-refractivity contribution in [1.82, 2.24) is 4.72 Å². The van der Waals surface area contributed by atoms with E-state index in [4.69, 9.17) is 4.55 Å².